The summed E-state index contributed by atoms with van der Waals surface area (Å²) in [6.45, 7) is 1.06. The van der Waals surface area contributed by atoms with Crippen LogP contribution in [-0.2, 0) is 17.9 Å². The highest BCUT2D eigenvalue weighted by Gasteiger charge is 2.13. The Bertz CT molecular complexity index is 665. The van der Waals surface area contributed by atoms with Crippen LogP contribution in [0.15, 0.2) is 36.7 Å². The molecule has 6 nitrogen and oxygen atoms in total. The molecule has 1 amide bonds. The number of benzene rings is 1. The SMILES string of the molecule is COc1cc(CNCc2ccncc2)cc(Cl)c1OCC(N)=O. The van der Waals surface area contributed by atoms with Crippen molar-refractivity contribution in [1.29, 1.82) is 0 Å². The molecule has 2 rings (SSSR count). The van der Waals surface area contributed by atoms with Crippen LogP contribution in [0.3, 0.4) is 0 Å². The Kier molecular flexibility index (Phi) is 6.19. The number of aromatic nitrogens is 1. The molecule has 23 heavy (non-hydrogen) atoms. The molecule has 0 aliphatic rings. The highest BCUT2D eigenvalue weighted by Crippen LogP contribution is 2.36. The Hall–Kier alpha value is -2.31. The third-order valence-corrected chi connectivity index (χ3v) is 3.34. The maximum atomic E-state index is 10.8. The molecule has 122 valence electrons. The number of carbonyl (C=O) groups excluding carboxylic acids is 1. The van der Waals surface area contributed by atoms with Crippen molar-refractivity contribution in [2.24, 2.45) is 5.73 Å². The molecule has 1 aromatic carbocycles. The molecule has 0 unspecified atom stereocenters. The zero-order valence-electron chi connectivity index (χ0n) is 12.7. The average Bonchev–Trinajstić information content (AvgIpc) is 2.54. The van der Waals surface area contributed by atoms with Gasteiger partial charge in [-0.05, 0) is 35.4 Å². The van der Waals surface area contributed by atoms with Crippen LogP contribution in [-0.4, -0.2) is 24.6 Å². The van der Waals surface area contributed by atoms with Crippen LogP contribution in [0.2, 0.25) is 5.02 Å². The minimum absolute atomic E-state index is 0.254. The smallest absolute Gasteiger partial charge is 0.255 e. The Balaban J connectivity index is 2.02. The van der Waals surface area contributed by atoms with Gasteiger partial charge in [-0.3, -0.25) is 9.78 Å². The van der Waals surface area contributed by atoms with Gasteiger partial charge in [-0.15, -0.1) is 0 Å². The standard InChI is InChI=1S/C16H18ClN3O3/c1-22-14-7-12(6-13(17)16(14)23-10-15(18)21)9-20-8-11-2-4-19-5-3-11/h2-7,20H,8-10H2,1H3,(H2,18,21). The van der Waals surface area contributed by atoms with Crippen molar-refractivity contribution in [3.8, 4) is 11.5 Å². The van der Waals surface area contributed by atoms with Crippen LogP contribution in [0.1, 0.15) is 11.1 Å². The number of pyridine rings is 1. The monoisotopic (exact) mass is 335 g/mol. The largest absolute Gasteiger partial charge is 0.493 e. The molecule has 0 fully saturated rings. The van der Waals surface area contributed by atoms with Crippen molar-refractivity contribution in [2.45, 2.75) is 13.1 Å². The number of primary amides is 1. The normalized spacial score (nSPS) is 10.3. The molecule has 0 saturated carbocycles. The van der Waals surface area contributed by atoms with Gasteiger partial charge in [0.2, 0.25) is 0 Å². The van der Waals surface area contributed by atoms with E-state index in [1.165, 1.54) is 7.11 Å². The second-order valence-corrected chi connectivity index (χ2v) is 5.23. The number of rotatable bonds is 8. The fourth-order valence-electron chi connectivity index (χ4n) is 2.01. The fraction of sp³-hybridized carbons (Fsp3) is 0.250. The van der Waals surface area contributed by atoms with Crippen LogP contribution in [0.4, 0.5) is 0 Å². The van der Waals surface area contributed by atoms with Gasteiger partial charge in [0, 0.05) is 25.5 Å². The van der Waals surface area contributed by atoms with Gasteiger partial charge in [0.1, 0.15) is 0 Å². The summed E-state index contributed by atoms with van der Waals surface area (Å²) >= 11 is 6.20. The summed E-state index contributed by atoms with van der Waals surface area (Å²) < 4.78 is 10.6. The van der Waals surface area contributed by atoms with Crippen LogP contribution < -0.4 is 20.5 Å². The molecule has 0 atom stereocenters. The van der Waals surface area contributed by atoms with Gasteiger partial charge in [0.25, 0.3) is 5.91 Å². The molecule has 0 bridgehead atoms. The van der Waals surface area contributed by atoms with Crippen LogP contribution >= 0.6 is 11.6 Å². The maximum Gasteiger partial charge on any atom is 0.255 e. The number of nitrogens with one attached hydrogen (secondary N) is 1. The third-order valence-electron chi connectivity index (χ3n) is 3.06. The van der Waals surface area contributed by atoms with E-state index in [2.05, 4.69) is 10.3 Å². The molecule has 1 heterocycles. The second-order valence-electron chi connectivity index (χ2n) is 4.82. The molecule has 0 aliphatic heterocycles. The Morgan fingerprint density at radius 2 is 1.96 bits per heavy atom. The lowest BCUT2D eigenvalue weighted by atomic mass is 10.2. The van der Waals surface area contributed by atoms with Crippen molar-refractivity contribution in [3.63, 3.8) is 0 Å². The molecule has 3 N–H and O–H groups in total. The van der Waals surface area contributed by atoms with E-state index >= 15 is 0 Å². The summed E-state index contributed by atoms with van der Waals surface area (Å²) in [5, 5.41) is 3.68. The van der Waals surface area contributed by atoms with Crippen molar-refractivity contribution in [3.05, 3.63) is 52.8 Å². The Morgan fingerprint density at radius 3 is 2.61 bits per heavy atom. The molecule has 1 aromatic heterocycles. The van der Waals surface area contributed by atoms with Crippen molar-refractivity contribution < 1.29 is 14.3 Å². The van der Waals surface area contributed by atoms with Gasteiger partial charge in [0.05, 0.1) is 12.1 Å². The van der Waals surface area contributed by atoms with Gasteiger partial charge in [-0.25, -0.2) is 0 Å². The molecule has 0 radical (unpaired) electrons. The summed E-state index contributed by atoms with van der Waals surface area (Å²) in [7, 11) is 1.51. The molecule has 0 spiro atoms. The van der Waals surface area contributed by atoms with Crippen LogP contribution in [0.25, 0.3) is 0 Å². The third kappa shape index (κ3) is 5.12. The van der Waals surface area contributed by atoms with Gasteiger partial charge >= 0.3 is 0 Å². The van der Waals surface area contributed by atoms with E-state index < -0.39 is 5.91 Å². The molecular weight excluding hydrogens is 318 g/mol. The zero-order valence-corrected chi connectivity index (χ0v) is 13.5. The van der Waals surface area contributed by atoms with Crippen LogP contribution in [0, 0.1) is 0 Å². The highest BCUT2D eigenvalue weighted by atomic mass is 35.5. The van der Waals surface area contributed by atoms with Crippen molar-refractivity contribution >= 4 is 17.5 Å². The minimum atomic E-state index is -0.578. The first-order chi connectivity index (χ1) is 11.1. The van der Waals surface area contributed by atoms with E-state index in [4.69, 9.17) is 26.8 Å². The predicted octanol–water partition coefficient (Wildman–Crippen LogP) is 1.90. The first-order valence-corrected chi connectivity index (χ1v) is 7.35. The fourth-order valence-corrected chi connectivity index (χ4v) is 2.30. The van der Waals surface area contributed by atoms with E-state index in [1.807, 2.05) is 18.2 Å². The van der Waals surface area contributed by atoms with E-state index in [1.54, 1.807) is 18.5 Å². The van der Waals surface area contributed by atoms with Crippen LogP contribution in [0.5, 0.6) is 11.5 Å². The Labute approximate surface area is 139 Å². The summed E-state index contributed by atoms with van der Waals surface area (Å²) in [5.41, 5.74) is 7.15. The first kappa shape index (κ1) is 17.1. The van der Waals surface area contributed by atoms with Crippen molar-refractivity contribution in [1.82, 2.24) is 10.3 Å². The van der Waals surface area contributed by atoms with Gasteiger partial charge in [-0.1, -0.05) is 11.6 Å². The van der Waals surface area contributed by atoms with Gasteiger partial charge < -0.3 is 20.5 Å². The number of halogens is 1. The lowest BCUT2D eigenvalue weighted by Gasteiger charge is -2.13. The number of ether oxygens (including phenoxy) is 2. The number of nitrogens with two attached hydrogens (primary N) is 1. The van der Waals surface area contributed by atoms with E-state index in [0.29, 0.717) is 29.6 Å². The number of hydrogen-bond donors (Lipinski definition) is 2. The van der Waals surface area contributed by atoms with E-state index in [0.717, 1.165) is 11.1 Å². The minimum Gasteiger partial charge on any atom is -0.493 e. The average molecular weight is 336 g/mol. The number of carbonyl (C=O) groups is 1. The van der Waals surface area contributed by atoms with E-state index in [9.17, 15) is 4.79 Å². The lowest BCUT2D eigenvalue weighted by molar-refractivity contribution is -0.119. The molecule has 0 aliphatic carbocycles. The molecule has 0 saturated heterocycles. The second kappa shape index (κ2) is 8.36. The topological polar surface area (TPSA) is 86.5 Å². The summed E-state index contributed by atoms with van der Waals surface area (Å²) in [5.74, 6) is 0.191. The number of amides is 1. The molecule has 7 heteroatoms. The van der Waals surface area contributed by atoms with Gasteiger partial charge in [0.15, 0.2) is 18.1 Å². The first-order valence-electron chi connectivity index (χ1n) is 6.97. The zero-order chi connectivity index (χ0) is 16.7. The predicted molar refractivity (Wildman–Crippen MR) is 87.5 cm³/mol. The lowest BCUT2D eigenvalue weighted by Crippen LogP contribution is -2.20. The number of nitrogens with zero attached hydrogens (tertiary/aromatic N) is 1. The maximum absolute atomic E-state index is 10.8. The molecular formula is C16H18ClN3O3. The summed E-state index contributed by atoms with van der Waals surface area (Å²) in [6.07, 6.45) is 3.50. The summed E-state index contributed by atoms with van der Waals surface area (Å²) in [6, 6.07) is 7.46. The number of methoxy groups -OCH3 is 1. The van der Waals surface area contributed by atoms with Gasteiger partial charge in [-0.2, -0.15) is 0 Å². The quantitative estimate of drug-likeness (QED) is 0.769. The Morgan fingerprint density at radius 1 is 1.26 bits per heavy atom. The highest BCUT2D eigenvalue weighted by molar-refractivity contribution is 6.32. The van der Waals surface area contributed by atoms with Crippen molar-refractivity contribution in [2.75, 3.05) is 13.7 Å². The summed E-state index contributed by atoms with van der Waals surface area (Å²) in [4.78, 5) is 14.8. The van der Waals surface area contributed by atoms with E-state index in [-0.39, 0.29) is 6.61 Å². The molecule has 2 aromatic rings. The number of hydrogen-bond acceptors (Lipinski definition) is 5.